The molecular formula is C23H29N3O2S. The summed E-state index contributed by atoms with van der Waals surface area (Å²) in [5, 5.41) is 3.02. The van der Waals surface area contributed by atoms with Crippen molar-refractivity contribution in [2.24, 2.45) is 0 Å². The second-order valence-electron chi connectivity index (χ2n) is 7.36. The maximum Gasteiger partial charge on any atom is 0.253 e. The third-order valence-corrected chi connectivity index (χ3v) is 5.97. The van der Waals surface area contributed by atoms with Gasteiger partial charge in [0.05, 0.1) is 5.69 Å². The van der Waals surface area contributed by atoms with Crippen molar-refractivity contribution < 1.29 is 9.59 Å². The number of nitrogens with one attached hydrogen (secondary N) is 1. The molecule has 6 heteroatoms. The lowest BCUT2D eigenvalue weighted by atomic mass is 10.1. The number of hydrogen-bond donors (Lipinski definition) is 1. The van der Waals surface area contributed by atoms with Crippen LogP contribution in [0.3, 0.4) is 0 Å². The first kappa shape index (κ1) is 21.4. The molecule has 0 unspecified atom stereocenters. The third kappa shape index (κ3) is 6.08. The molecule has 1 saturated heterocycles. The van der Waals surface area contributed by atoms with Gasteiger partial charge < -0.3 is 15.1 Å². The van der Waals surface area contributed by atoms with Crippen LogP contribution in [0.4, 0.5) is 5.69 Å². The van der Waals surface area contributed by atoms with Gasteiger partial charge in [-0.2, -0.15) is 0 Å². The second-order valence-corrected chi connectivity index (χ2v) is 8.20. The van der Waals surface area contributed by atoms with Crippen LogP contribution in [0, 0.1) is 6.92 Å². The average Bonchev–Trinajstić information content (AvgIpc) is 2.98. The van der Waals surface area contributed by atoms with E-state index in [-0.39, 0.29) is 11.8 Å². The minimum absolute atomic E-state index is 0.0310. The van der Waals surface area contributed by atoms with E-state index in [1.165, 1.54) is 0 Å². The fourth-order valence-electron chi connectivity index (χ4n) is 3.58. The molecule has 154 valence electrons. The minimum atomic E-state index is 0.0310. The standard InChI is InChI=1S/C23H29N3O2S/c1-18-7-5-8-19(17-18)23(28)26-13-6-12-25(15-16-26)14-11-22(27)24-20-9-3-4-10-21(20)29-2/h3-5,7-10,17H,6,11-16H2,1-2H3,(H,24,27). The number of carbonyl (C=O) groups excluding carboxylic acids is 2. The predicted molar refractivity (Wildman–Crippen MR) is 120 cm³/mol. The first-order valence-electron chi connectivity index (χ1n) is 10.1. The number of carbonyl (C=O) groups is 2. The van der Waals surface area contributed by atoms with Crippen molar-refractivity contribution in [1.29, 1.82) is 0 Å². The third-order valence-electron chi connectivity index (χ3n) is 5.18. The van der Waals surface area contributed by atoms with Crippen molar-refractivity contribution in [3.05, 3.63) is 59.7 Å². The Balaban J connectivity index is 1.48. The average molecular weight is 412 g/mol. The molecule has 0 saturated carbocycles. The van der Waals surface area contributed by atoms with Crippen molar-refractivity contribution in [3.63, 3.8) is 0 Å². The Labute approximate surface area is 177 Å². The Bertz CT molecular complexity index is 856. The van der Waals surface area contributed by atoms with Crippen LogP contribution in [-0.2, 0) is 4.79 Å². The predicted octanol–water partition coefficient (Wildman–Crippen LogP) is 3.89. The quantitative estimate of drug-likeness (QED) is 0.733. The molecule has 1 heterocycles. The summed E-state index contributed by atoms with van der Waals surface area (Å²) in [7, 11) is 0. The summed E-state index contributed by atoms with van der Waals surface area (Å²) in [5.41, 5.74) is 2.72. The molecule has 0 radical (unpaired) electrons. The first-order valence-corrected chi connectivity index (χ1v) is 11.3. The largest absolute Gasteiger partial charge is 0.337 e. The van der Waals surface area contributed by atoms with Crippen LogP contribution in [0.25, 0.3) is 0 Å². The SMILES string of the molecule is CSc1ccccc1NC(=O)CCN1CCCN(C(=O)c2cccc(C)c2)CC1. The van der Waals surface area contributed by atoms with Gasteiger partial charge in [-0.25, -0.2) is 0 Å². The van der Waals surface area contributed by atoms with Gasteiger partial charge in [-0.1, -0.05) is 29.8 Å². The smallest absolute Gasteiger partial charge is 0.253 e. The Morgan fingerprint density at radius 1 is 1.03 bits per heavy atom. The number of thioether (sulfide) groups is 1. The summed E-state index contributed by atoms with van der Waals surface area (Å²) in [6.07, 6.45) is 3.38. The van der Waals surface area contributed by atoms with Gasteiger partial charge in [-0.3, -0.25) is 9.59 Å². The van der Waals surface area contributed by atoms with Crippen LogP contribution in [0.2, 0.25) is 0 Å². The van der Waals surface area contributed by atoms with Crippen LogP contribution in [0.5, 0.6) is 0 Å². The van der Waals surface area contributed by atoms with E-state index < -0.39 is 0 Å². The van der Waals surface area contributed by atoms with Gasteiger partial charge in [0.25, 0.3) is 5.91 Å². The summed E-state index contributed by atoms with van der Waals surface area (Å²) in [5.74, 6) is 0.130. The zero-order valence-corrected chi connectivity index (χ0v) is 18.0. The molecule has 0 atom stereocenters. The van der Waals surface area contributed by atoms with Gasteiger partial charge in [-0.15, -0.1) is 11.8 Å². The highest BCUT2D eigenvalue weighted by atomic mass is 32.2. The fourth-order valence-corrected chi connectivity index (χ4v) is 4.13. The number of benzene rings is 2. The Hall–Kier alpha value is -2.31. The molecule has 2 aromatic carbocycles. The van der Waals surface area contributed by atoms with E-state index >= 15 is 0 Å². The van der Waals surface area contributed by atoms with Crippen molar-refractivity contribution in [2.45, 2.75) is 24.7 Å². The van der Waals surface area contributed by atoms with E-state index in [1.54, 1.807) is 11.8 Å². The maximum atomic E-state index is 12.8. The zero-order chi connectivity index (χ0) is 20.6. The number of rotatable bonds is 6. The maximum absolute atomic E-state index is 12.8. The molecule has 1 N–H and O–H groups in total. The molecule has 29 heavy (non-hydrogen) atoms. The van der Waals surface area contributed by atoms with Crippen molar-refractivity contribution >= 4 is 29.3 Å². The summed E-state index contributed by atoms with van der Waals surface area (Å²) in [6, 6.07) is 15.6. The monoisotopic (exact) mass is 411 g/mol. The molecule has 2 aromatic rings. The van der Waals surface area contributed by atoms with E-state index in [2.05, 4.69) is 10.2 Å². The summed E-state index contributed by atoms with van der Waals surface area (Å²) < 4.78 is 0. The van der Waals surface area contributed by atoms with Gasteiger partial charge in [0, 0.05) is 43.1 Å². The van der Waals surface area contributed by atoms with Gasteiger partial charge in [0.2, 0.25) is 5.91 Å². The number of para-hydroxylation sites is 1. The molecule has 0 aliphatic carbocycles. The highest BCUT2D eigenvalue weighted by molar-refractivity contribution is 7.98. The Morgan fingerprint density at radius 3 is 2.66 bits per heavy atom. The normalized spacial score (nSPS) is 15.0. The highest BCUT2D eigenvalue weighted by Crippen LogP contribution is 2.24. The van der Waals surface area contributed by atoms with Crippen molar-refractivity contribution in [2.75, 3.05) is 44.3 Å². The second kappa shape index (κ2) is 10.5. The molecule has 1 fully saturated rings. The van der Waals surface area contributed by atoms with Gasteiger partial charge in [-0.05, 0) is 50.4 Å². The molecule has 1 aliphatic heterocycles. The molecule has 3 rings (SSSR count). The van der Waals surface area contributed by atoms with Gasteiger partial charge in [0.15, 0.2) is 0 Å². The van der Waals surface area contributed by atoms with Crippen molar-refractivity contribution in [1.82, 2.24) is 9.80 Å². The number of hydrogen-bond acceptors (Lipinski definition) is 4. The van der Waals surface area contributed by atoms with E-state index in [0.717, 1.165) is 47.8 Å². The van der Waals surface area contributed by atoms with E-state index in [0.29, 0.717) is 19.5 Å². The van der Waals surface area contributed by atoms with Crippen LogP contribution < -0.4 is 5.32 Å². The first-order chi connectivity index (χ1) is 14.1. The number of anilines is 1. The van der Waals surface area contributed by atoms with Gasteiger partial charge >= 0.3 is 0 Å². The Morgan fingerprint density at radius 2 is 1.86 bits per heavy atom. The van der Waals surface area contributed by atoms with Crippen LogP contribution in [0.15, 0.2) is 53.4 Å². The number of amides is 2. The summed E-state index contributed by atoms with van der Waals surface area (Å²) >= 11 is 1.63. The Kier molecular flexibility index (Phi) is 7.72. The topological polar surface area (TPSA) is 52.7 Å². The molecule has 0 spiro atoms. The van der Waals surface area contributed by atoms with Crippen LogP contribution >= 0.6 is 11.8 Å². The van der Waals surface area contributed by atoms with Crippen LogP contribution in [0.1, 0.15) is 28.8 Å². The molecule has 0 aromatic heterocycles. The number of nitrogens with zero attached hydrogens (tertiary/aromatic N) is 2. The molecule has 2 amide bonds. The van der Waals surface area contributed by atoms with Gasteiger partial charge in [0.1, 0.15) is 0 Å². The zero-order valence-electron chi connectivity index (χ0n) is 17.2. The van der Waals surface area contributed by atoms with E-state index in [9.17, 15) is 9.59 Å². The van der Waals surface area contributed by atoms with Crippen LogP contribution in [-0.4, -0.2) is 60.6 Å². The molecule has 5 nitrogen and oxygen atoms in total. The van der Waals surface area contributed by atoms with E-state index in [1.807, 2.05) is 66.6 Å². The summed E-state index contributed by atoms with van der Waals surface area (Å²) in [6.45, 7) is 5.88. The fraction of sp³-hybridized carbons (Fsp3) is 0.391. The lowest BCUT2D eigenvalue weighted by Gasteiger charge is -2.22. The van der Waals surface area contributed by atoms with E-state index in [4.69, 9.17) is 0 Å². The summed E-state index contributed by atoms with van der Waals surface area (Å²) in [4.78, 5) is 30.5. The lowest BCUT2D eigenvalue weighted by molar-refractivity contribution is -0.116. The highest BCUT2D eigenvalue weighted by Gasteiger charge is 2.20. The molecule has 1 aliphatic rings. The molecular weight excluding hydrogens is 382 g/mol. The minimum Gasteiger partial charge on any atom is -0.337 e. The number of aryl methyl sites for hydroxylation is 1. The molecule has 0 bridgehead atoms. The lowest BCUT2D eigenvalue weighted by Crippen LogP contribution is -2.36. The van der Waals surface area contributed by atoms with Crippen molar-refractivity contribution in [3.8, 4) is 0 Å².